The van der Waals surface area contributed by atoms with Gasteiger partial charge in [0.1, 0.15) is 5.82 Å². The number of fused-ring (bicyclic) bond motifs is 1. The minimum absolute atomic E-state index is 0.114. The Hall–Kier alpha value is -3.52. The molecule has 1 N–H and O–H groups in total. The molecule has 1 aromatic heterocycles. The van der Waals surface area contributed by atoms with E-state index >= 15 is 0 Å². The largest absolute Gasteiger partial charge is 0.379 e. The zero-order valence-electron chi connectivity index (χ0n) is 21.0. The summed E-state index contributed by atoms with van der Waals surface area (Å²) < 4.78 is 10.9. The third-order valence-electron chi connectivity index (χ3n) is 7.19. The van der Waals surface area contributed by atoms with Gasteiger partial charge in [-0.1, -0.05) is 24.3 Å². The lowest BCUT2D eigenvalue weighted by atomic mass is 10.0. The molecule has 0 unspecified atom stereocenters. The molecule has 7 heteroatoms. The minimum atomic E-state index is 0.114. The predicted molar refractivity (Wildman–Crippen MR) is 145 cm³/mol. The average Bonchev–Trinajstić information content (AvgIpc) is 3.38. The standard InChI is InChI=1S/C30H32N4O3/c35-29(24-5-7-26(8-6-24)34-12-16-37-17-13-34)20-22-4-9-27-28(19-22)32-30(31-27)25-3-1-2-23(18-25)21-33-10-14-36-15-11-33/h1-9,18-19H,10-17,20-21H2,(H,31,32). The van der Waals surface area contributed by atoms with Crippen LogP contribution in [0.5, 0.6) is 0 Å². The monoisotopic (exact) mass is 496 g/mol. The number of hydrogen-bond acceptors (Lipinski definition) is 6. The Kier molecular flexibility index (Phi) is 6.99. The van der Waals surface area contributed by atoms with Crippen molar-refractivity contribution in [2.24, 2.45) is 0 Å². The second kappa shape index (κ2) is 10.8. The first-order valence-electron chi connectivity index (χ1n) is 13.1. The van der Waals surface area contributed by atoms with Gasteiger partial charge in [-0.25, -0.2) is 4.98 Å². The summed E-state index contributed by atoms with van der Waals surface area (Å²) >= 11 is 0. The summed E-state index contributed by atoms with van der Waals surface area (Å²) in [6, 6.07) is 22.5. The van der Waals surface area contributed by atoms with E-state index in [1.807, 2.05) is 42.5 Å². The fraction of sp³-hybridized carbons (Fsp3) is 0.333. The molecular weight excluding hydrogens is 464 g/mol. The Morgan fingerprint density at radius 2 is 1.59 bits per heavy atom. The summed E-state index contributed by atoms with van der Waals surface area (Å²) in [4.78, 5) is 26.0. The number of nitrogens with one attached hydrogen (secondary N) is 1. The molecule has 0 amide bonds. The lowest BCUT2D eigenvalue weighted by molar-refractivity contribution is 0.0342. The van der Waals surface area contributed by atoms with Crippen molar-refractivity contribution in [1.82, 2.24) is 14.9 Å². The molecule has 0 spiro atoms. The third kappa shape index (κ3) is 5.59. The van der Waals surface area contributed by atoms with Gasteiger partial charge in [0.2, 0.25) is 0 Å². The normalized spacial score (nSPS) is 16.8. The molecule has 0 bridgehead atoms. The summed E-state index contributed by atoms with van der Waals surface area (Å²) in [6.45, 7) is 7.72. The zero-order chi connectivity index (χ0) is 25.0. The zero-order valence-corrected chi connectivity index (χ0v) is 21.0. The van der Waals surface area contributed by atoms with Gasteiger partial charge in [0, 0.05) is 56.0 Å². The second-order valence-corrected chi connectivity index (χ2v) is 9.77. The first-order chi connectivity index (χ1) is 18.2. The van der Waals surface area contributed by atoms with Crippen LogP contribution in [-0.4, -0.2) is 73.3 Å². The Labute approximate surface area is 217 Å². The maximum Gasteiger partial charge on any atom is 0.167 e. The van der Waals surface area contributed by atoms with Crippen LogP contribution in [0.1, 0.15) is 21.5 Å². The van der Waals surface area contributed by atoms with Gasteiger partial charge in [-0.3, -0.25) is 9.69 Å². The number of carbonyl (C=O) groups is 1. The number of ether oxygens (including phenoxy) is 2. The highest BCUT2D eigenvalue weighted by Gasteiger charge is 2.15. The molecule has 2 aliphatic heterocycles. The minimum Gasteiger partial charge on any atom is -0.379 e. The molecule has 2 saturated heterocycles. The molecule has 37 heavy (non-hydrogen) atoms. The number of anilines is 1. The maximum atomic E-state index is 13.0. The van der Waals surface area contributed by atoms with Crippen molar-refractivity contribution in [3.63, 3.8) is 0 Å². The van der Waals surface area contributed by atoms with Gasteiger partial charge in [-0.15, -0.1) is 0 Å². The Bertz CT molecular complexity index is 1370. The van der Waals surface area contributed by atoms with Crippen LogP contribution in [0, 0.1) is 0 Å². The number of nitrogens with zero attached hydrogens (tertiary/aromatic N) is 3. The fourth-order valence-corrected chi connectivity index (χ4v) is 5.11. The van der Waals surface area contributed by atoms with Crippen molar-refractivity contribution in [3.8, 4) is 11.4 Å². The van der Waals surface area contributed by atoms with Gasteiger partial charge in [0.25, 0.3) is 0 Å². The van der Waals surface area contributed by atoms with Crippen molar-refractivity contribution in [2.45, 2.75) is 13.0 Å². The van der Waals surface area contributed by atoms with E-state index < -0.39 is 0 Å². The van der Waals surface area contributed by atoms with E-state index in [4.69, 9.17) is 14.5 Å². The van der Waals surface area contributed by atoms with Crippen LogP contribution in [0.25, 0.3) is 22.4 Å². The molecule has 0 aliphatic carbocycles. The van der Waals surface area contributed by atoms with Gasteiger partial charge >= 0.3 is 0 Å². The topological polar surface area (TPSA) is 70.7 Å². The Morgan fingerprint density at radius 3 is 2.38 bits per heavy atom. The lowest BCUT2D eigenvalue weighted by Crippen LogP contribution is -2.36. The van der Waals surface area contributed by atoms with Crippen LogP contribution in [0.2, 0.25) is 0 Å². The van der Waals surface area contributed by atoms with Gasteiger partial charge in [-0.2, -0.15) is 0 Å². The van der Waals surface area contributed by atoms with Gasteiger partial charge < -0.3 is 19.4 Å². The van der Waals surface area contributed by atoms with Crippen molar-refractivity contribution in [1.29, 1.82) is 0 Å². The summed E-state index contributed by atoms with van der Waals surface area (Å²) in [5, 5.41) is 0. The molecule has 0 radical (unpaired) electrons. The lowest BCUT2D eigenvalue weighted by Gasteiger charge is -2.28. The number of Topliss-reactive ketones (excluding diaryl/α,β-unsaturated/α-hetero) is 1. The molecule has 0 atom stereocenters. The van der Waals surface area contributed by atoms with E-state index in [2.05, 4.69) is 39.0 Å². The number of carbonyl (C=O) groups excluding carboxylic acids is 1. The van der Waals surface area contributed by atoms with Crippen molar-refractivity contribution in [3.05, 3.63) is 83.4 Å². The number of rotatable bonds is 7. The summed E-state index contributed by atoms with van der Waals surface area (Å²) in [7, 11) is 0. The van der Waals surface area contributed by atoms with Crippen LogP contribution in [0.3, 0.4) is 0 Å². The highest BCUT2D eigenvalue weighted by molar-refractivity contribution is 5.98. The molecule has 6 rings (SSSR count). The molecule has 4 aromatic rings. The molecule has 2 fully saturated rings. The summed E-state index contributed by atoms with van der Waals surface area (Å²) in [5.41, 5.74) is 7.04. The summed E-state index contributed by atoms with van der Waals surface area (Å²) in [6.07, 6.45) is 0.357. The number of imidazole rings is 1. The number of aromatic amines is 1. The number of benzene rings is 3. The molecular formula is C30H32N4O3. The van der Waals surface area contributed by atoms with E-state index in [0.717, 1.165) is 98.4 Å². The van der Waals surface area contributed by atoms with Crippen LogP contribution >= 0.6 is 0 Å². The molecule has 2 aliphatic rings. The van der Waals surface area contributed by atoms with Gasteiger partial charge in [0.15, 0.2) is 5.78 Å². The van der Waals surface area contributed by atoms with E-state index in [1.54, 1.807) is 0 Å². The number of H-pyrrole nitrogens is 1. The SMILES string of the molecule is O=C(Cc1ccc2nc(-c3cccc(CN4CCOCC4)c3)[nH]c2c1)c1ccc(N2CCOCC2)cc1. The van der Waals surface area contributed by atoms with Crippen LogP contribution < -0.4 is 4.90 Å². The quantitative estimate of drug-likeness (QED) is 0.384. The maximum absolute atomic E-state index is 13.0. The number of ketones is 1. The number of aromatic nitrogens is 2. The first-order valence-corrected chi connectivity index (χ1v) is 13.1. The fourth-order valence-electron chi connectivity index (χ4n) is 5.11. The number of morpholine rings is 2. The molecule has 0 saturated carbocycles. The van der Waals surface area contributed by atoms with Crippen LogP contribution in [-0.2, 0) is 22.4 Å². The van der Waals surface area contributed by atoms with Crippen molar-refractivity contribution in [2.75, 3.05) is 57.5 Å². The first kappa shape index (κ1) is 23.9. The smallest absolute Gasteiger partial charge is 0.167 e. The average molecular weight is 497 g/mol. The van der Waals surface area contributed by atoms with E-state index in [9.17, 15) is 4.79 Å². The Balaban J connectivity index is 1.14. The van der Waals surface area contributed by atoms with Crippen molar-refractivity contribution < 1.29 is 14.3 Å². The second-order valence-electron chi connectivity index (χ2n) is 9.77. The highest BCUT2D eigenvalue weighted by Crippen LogP contribution is 2.24. The van der Waals surface area contributed by atoms with E-state index in [0.29, 0.717) is 6.42 Å². The van der Waals surface area contributed by atoms with Crippen LogP contribution in [0.15, 0.2) is 66.7 Å². The van der Waals surface area contributed by atoms with Gasteiger partial charge in [0.05, 0.1) is 37.5 Å². The van der Waals surface area contributed by atoms with E-state index in [-0.39, 0.29) is 5.78 Å². The Morgan fingerprint density at radius 1 is 0.838 bits per heavy atom. The van der Waals surface area contributed by atoms with Crippen LogP contribution in [0.4, 0.5) is 5.69 Å². The molecule has 3 heterocycles. The third-order valence-corrected chi connectivity index (χ3v) is 7.19. The number of hydrogen-bond donors (Lipinski definition) is 1. The molecule has 190 valence electrons. The predicted octanol–water partition coefficient (Wildman–Crippen LogP) is 4.32. The summed E-state index contributed by atoms with van der Waals surface area (Å²) in [5.74, 6) is 0.962. The van der Waals surface area contributed by atoms with Gasteiger partial charge in [-0.05, 0) is 53.6 Å². The van der Waals surface area contributed by atoms with Crippen molar-refractivity contribution >= 4 is 22.5 Å². The molecule has 7 nitrogen and oxygen atoms in total. The molecule has 3 aromatic carbocycles. The van der Waals surface area contributed by atoms with E-state index in [1.165, 1.54) is 5.56 Å². The highest BCUT2D eigenvalue weighted by atomic mass is 16.5.